The van der Waals surface area contributed by atoms with E-state index in [1.165, 1.54) is 12.3 Å². The van der Waals surface area contributed by atoms with Crippen molar-refractivity contribution < 1.29 is 14.3 Å². The first-order valence-electron chi connectivity index (χ1n) is 6.71. The molecule has 2 heterocycles. The first-order chi connectivity index (χ1) is 10.6. The second kappa shape index (κ2) is 6.11. The molecular weight excluding hydrogens is 306 g/mol. The molecule has 0 saturated heterocycles. The van der Waals surface area contributed by atoms with Crippen LogP contribution < -0.4 is 20.5 Å². The van der Waals surface area contributed by atoms with Crippen molar-refractivity contribution >= 4 is 23.3 Å². The summed E-state index contributed by atoms with van der Waals surface area (Å²) in [6.45, 7) is 0.901. The Morgan fingerprint density at radius 3 is 2.91 bits per heavy atom. The van der Waals surface area contributed by atoms with E-state index in [1.807, 2.05) is 24.3 Å². The summed E-state index contributed by atoms with van der Waals surface area (Å²) in [5, 5.41) is 3.41. The summed E-state index contributed by atoms with van der Waals surface area (Å²) in [4.78, 5) is 15.1. The van der Waals surface area contributed by atoms with Crippen LogP contribution in [0.4, 0.5) is 5.82 Å². The lowest BCUT2D eigenvalue weighted by molar-refractivity contribution is 0.0995. The Morgan fingerprint density at radius 1 is 1.41 bits per heavy atom. The number of primary amides is 1. The number of carbonyl (C=O) groups excluding carboxylic acids is 1. The van der Waals surface area contributed by atoms with Gasteiger partial charge in [0, 0.05) is 6.20 Å². The van der Waals surface area contributed by atoms with Crippen LogP contribution in [0.25, 0.3) is 0 Å². The van der Waals surface area contributed by atoms with Crippen LogP contribution in [0.3, 0.4) is 0 Å². The number of anilines is 1. The molecule has 7 heteroatoms. The Labute approximate surface area is 132 Å². The number of hydrogen-bond donors (Lipinski definition) is 2. The number of pyridine rings is 1. The van der Waals surface area contributed by atoms with Gasteiger partial charge in [0.05, 0.1) is 17.1 Å². The van der Waals surface area contributed by atoms with Crippen LogP contribution in [0.2, 0.25) is 5.02 Å². The molecule has 1 aliphatic rings. The molecule has 6 nitrogen and oxygen atoms in total. The van der Waals surface area contributed by atoms with E-state index in [9.17, 15) is 4.79 Å². The summed E-state index contributed by atoms with van der Waals surface area (Å²) in [6.07, 6.45) is 1.22. The van der Waals surface area contributed by atoms with E-state index in [-0.39, 0.29) is 11.7 Å². The Balaban J connectivity index is 1.63. The highest BCUT2D eigenvalue weighted by Crippen LogP contribution is 2.31. The summed E-state index contributed by atoms with van der Waals surface area (Å²) in [5.74, 6) is 1.35. The Morgan fingerprint density at radius 2 is 2.18 bits per heavy atom. The van der Waals surface area contributed by atoms with Crippen LogP contribution in [0.15, 0.2) is 36.5 Å². The summed E-state index contributed by atoms with van der Waals surface area (Å²) >= 11 is 6.07. The molecule has 3 N–H and O–H groups in total. The van der Waals surface area contributed by atoms with E-state index in [2.05, 4.69) is 10.3 Å². The first kappa shape index (κ1) is 14.5. The SMILES string of the molecule is NC(=O)c1cnc(NC[C@@H]2COc3ccccc3O2)c(Cl)c1. The summed E-state index contributed by atoms with van der Waals surface area (Å²) < 4.78 is 11.4. The number of halogens is 1. The summed E-state index contributed by atoms with van der Waals surface area (Å²) in [5.41, 5.74) is 5.44. The molecule has 114 valence electrons. The molecule has 0 aliphatic carbocycles. The summed E-state index contributed by atoms with van der Waals surface area (Å²) in [6, 6.07) is 8.98. The summed E-state index contributed by atoms with van der Waals surface area (Å²) in [7, 11) is 0. The van der Waals surface area contributed by atoms with Gasteiger partial charge in [0.2, 0.25) is 5.91 Å². The maximum absolute atomic E-state index is 11.1. The molecule has 0 spiro atoms. The molecule has 0 saturated carbocycles. The lowest BCUT2D eigenvalue weighted by Gasteiger charge is -2.26. The molecule has 0 radical (unpaired) electrons. The highest BCUT2D eigenvalue weighted by molar-refractivity contribution is 6.33. The van der Waals surface area contributed by atoms with Crippen LogP contribution in [0, 0.1) is 0 Å². The largest absolute Gasteiger partial charge is 0.486 e. The zero-order valence-corrected chi connectivity index (χ0v) is 12.3. The lowest BCUT2D eigenvalue weighted by Crippen LogP contribution is -2.35. The highest BCUT2D eigenvalue weighted by atomic mass is 35.5. The normalized spacial score (nSPS) is 16.1. The minimum absolute atomic E-state index is 0.163. The van der Waals surface area contributed by atoms with Gasteiger partial charge in [-0.05, 0) is 18.2 Å². The monoisotopic (exact) mass is 319 g/mol. The number of fused-ring (bicyclic) bond motifs is 1. The van der Waals surface area contributed by atoms with E-state index in [1.54, 1.807) is 0 Å². The molecule has 1 aromatic carbocycles. The second-order valence-corrected chi connectivity index (χ2v) is 5.20. The number of benzene rings is 1. The fraction of sp³-hybridized carbons (Fsp3) is 0.200. The third-order valence-electron chi connectivity index (χ3n) is 3.19. The number of hydrogen-bond acceptors (Lipinski definition) is 5. The van der Waals surface area contributed by atoms with Crippen molar-refractivity contribution in [3.63, 3.8) is 0 Å². The molecule has 22 heavy (non-hydrogen) atoms. The zero-order chi connectivity index (χ0) is 15.5. The lowest BCUT2D eigenvalue weighted by atomic mass is 10.2. The van der Waals surface area contributed by atoms with Gasteiger partial charge in [-0.2, -0.15) is 0 Å². The smallest absolute Gasteiger partial charge is 0.250 e. The maximum Gasteiger partial charge on any atom is 0.250 e. The topological polar surface area (TPSA) is 86.5 Å². The third kappa shape index (κ3) is 3.07. The maximum atomic E-state index is 11.1. The van der Waals surface area contributed by atoms with Crippen molar-refractivity contribution in [2.75, 3.05) is 18.5 Å². The fourth-order valence-corrected chi connectivity index (χ4v) is 2.31. The van der Waals surface area contributed by atoms with Crippen molar-refractivity contribution in [3.8, 4) is 11.5 Å². The van der Waals surface area contributed by atoms with Crippen LogP contribution in [0.1, 0.15) is 10.4 Å². The molecule has 0 bridgehead atoms. The van der Waals surface area contributed by atoms with Crippen LogP contribution >= 0.6 is 11.6 Å². The Kier molecular flexibility index (Phi) is 4.02. The number of carbonyl (C=O) groups is 1. The Hall–Kier alpha value is -2.47. The number of aromatic nitrogens is 1. The van der Waals surface area contributed by atoms with Crippen LogP contribution in [-0.4, -0.2) is 30.1 Å². The first-order valence-corrected chi connectivity index (χ1v) is 7.09. The van der Waals surface area contributed by atoms with Crippen molar-refractivity contribution in [3.05, 3.63) is 47.1 Å². The van der Waals surface area contributed by atoms with Crippen molar-refractivity contribution in [1.82, 2.24) is 4.98 Å². The number of nitrogens with zero attached hydrogens (tertiary/aromatic N) is 1. The number of ether oxygens (including phenoxy) is 2. The molecule has 3 rings (SSSR count). The predicted molar refractivity (Wildman–Crippen MR) is 82.6 cm³/mol. The quantitative estimate of drug-likeness (QED) is 0.901. The number of amides is 1. The molecule has 1 amide bonds. The van der Waals surface area contributed by atoms with Gasteiger partial charge < -0.3 is 20.5 Å². The van der Waals surface area contributed by atoms with Gasteiger partial charge >= 0.3 is 0 Å². The predicted octanol–water partition coefficient (Wildman–Crippen LogP) is 2.09. The van der Waals surface area contributed by atoms with E-state index in [4.69, 9.17) is 26.8 Å². The average molecular weight is 320 g/mol. The number of nitrogens with two attached hydrogens (primary N) is 1. The average Bonchev–Trinajstić information content (AvgIpc) is 2.53. The standard InChI is InChI=1S/C15H14ClN3O3/c16-11-5-9(14(17)20)6-18-15(11)19-7-10-8-21-12-3-1-2-4-13(12)22-10/h1-6,10H,7-8H2,(H2,17,20)(H,18,19)/t10-/m1/s1. The van der Waals surface area contributed by atoms with Gasteiger partial charge in [0.1, 0.15) is 18.5 Å². The molecular formula is C15H14ClN3O3. The molecule has 1 aliphatic heterocycles. The van der Waals surface area contributed by atoms with Crippen molar-refractivity contribution in [2.45, 2.75) is 6.10 Å². The van der Waals surface area contributed by atoms with Crippen molar-refractivity contribution in [2.24, 2.45) is 5.73 Å². The highest BCUT2D eigenvalue weighted by Gasteiger charge is 2.20. The minimum Gasteiger partial charge on any atom is -0.486 e. The van der Waals surface area contributed by atoms with Gasteiger partial charge in [-0.1, -0.05) is 23.7 Å². The van der Waals surface area contributed by atoms with Gasteiger partial charge in [-0.25, -0.2) is 4.98 Å². The van der Waals surface area contributed by atoms with E-state index < -0.39 is 5.91 Å². The van der Waals surface area contributed by atoms with Gasteiger partial charge in [0.25, 0.3) is 0 Å². The van der Waals surface area contributed by atoms with Crippen LogP contribution in [-0.2, 0) is 0 Å². The Bertz CT molecular complexity index is 708. The fourth-order valence-electron chi connectivity index (χ4n) is 2.08. The molecule has 0 fully saturated rings. The molecule has 1 atom stereocenters. The third-order valence-corrected chi connectivity index (χ3v) is 3.48. The van der Waals surface area contributed by atoms with E-state index in [0.29, 0.717) is 29.7 Å². The van der Waals surface area contributed by atoms with Gasteiger partial charge in [-0.15, -0.1) is 0 Å². The number of rotatable bonds is 4. The van der Waals surface area contributed by atoms with E-state index >= 15 is 0 Å². The second-order valence-electron chi connectivity index (χ2n) is 4.80. The van der Waals surface area contributed by atoms with Gasteiger partial charge in [0.15, 0.2) is 11.5 Å². The van der Waals surface area contributed by atoms with E-state index in [0.717, 1.165) is 5.75 Å². The van der Waals surface area contributed by atoms with Gasteiger partial charge in [-0.3, -0.25) is 4.79 Å². The zero-order valence-electron chi connectivity index (χ0n) is 11.6. The van der Waals surface area contributed by atoms with Crippen molar-refractivity contribution in [1.29, 1.82) is 0 Å². The molecule has 1 aromatic heterocycles. The number of para-hydroxylation sites is 2. The number of nitrogens with one attached hydrogen (secondary N) is 1. The molecule has 2 aromatic rings. The van der Waals surface area contributed by atoms with Crippen LogP contribution in [0.5, 0.6) is 11.5 Å². The minimum atomic E-state index is -0.568. The molecule has 0 unspecified atom stereocenters.